The fraction of sp³-hybridized carbons (Fsp3) is 0.333. The van der Waals surface area contributed by atoms with E-state index >= 15 is 0 Å². The van der Waals surface area contributed by atoms with Crippen LogP contribution in [0.5, 0.6) is 0 Å². The van der Waals surface area contributed by atoms with Crippen molar-refractivity contribution in [3.63, 3.8) is 0 Å². The summed E-state index contributed by atoms with van der Waals surface area (Å²) in [6, 6.07) is 0. The Labute approximate surface area is 71.7 Å². The molecule has 1 aromatic rings. The smallest absolute Gasteiger partial charge is 0.155 e. The fourth-order valence-corrected chi connectivity index (χ4v) is 0.971. The summed E-state index contributed by atoms with van der Waals surface area (Å²) in [7, 11) is 1.86. The number of nitrogens with zero attached hydrogens (tertiary/aromatic N) is 2. The van der Waals surface area contributed by atoms with E-state index in [1.54, 1.807) is 10.9 Å². The van der Waals surface area contributed by atoms with Crippen LogP contribution in [0.4, 0.5) is 0 Å². The zero-order valence-corrected chi connectivity index (χ0v) is 7.16. The summed E-state index contributed by atoms with van der Waals surface area (Å²) in [5.41, 5.74) is 1.09. The first-order valence-electron chi connectivity index (χ1n) is 3.85. The van der Waals surface area contributed by atoms with Gasteiger partial charge in [0.05, 0.1) is 6.20 Å². The summed E-state index contributed by atoms with van der Waals surface area (Å²) >= 11 is 0. The van der Waals surface area contributed by atoms with Gasteiger partial charge < -0.3 is 0 Å². The zero-order chi connectivity index (χ0) is 8.97. The SMILES string of the molecule is C=CC(=O)CCc1cnn(C)c1. The van der Waals surface area contributed by atoms with E-state index in [2.05, 4.69) is 11.7 Å². The summed E-state index contributed by atoms with van der Waals surface area (Å²) in [6.45, 7) is 3.41. The van der Waals surface area contributed by atoms with E-state index in [0.717, 1.165) is 12.0 Å². The van der Waals surface area contributed by atoms with Crippen LogP contribution in [-0.2, 0) is 18.3 Å². The van der Waals surface area contributed by atoms with Gasteiger partial charge in [-0.25, -0.2) is 0 Å². The highest BCUT2D eigenvalue weighted by atomic mass is 16.1. The van der Waals surface area contributed by atoms with Crippen molar-refractivity contribution in [1.82, 2.24) is 9.78 Å². The van der Waals surface area contributed by atoms with E-state index in [1.807, 2.05) is 13.2 Å². The molecule has 0 aliphatic heterocycles. The topological polar surface area (TPSA) is 34.9 Å². The third-order valence-electron chi connectivity index (χ3n) is 1.65. The molecule has 1 rings (SSSR count). The maximum Gasteiger partial charge on any atom is 0.155 e. The molecule has 1 heterocycles. The Hall–Kier alpha value is -1.38. The van der Waals surface area contributed by atoms with Crippen LogP contribution in [0.15, 0.2) is 25.0 Å². The Kier molecular flexibility index (Phi) is 2.80. The standard InChI is InChI=1S/C9H12N2O/c1-3-9(12)5-4-8-6-10-11(2)7-8/h3,6-7H,1,4-5H2,2H3. The minimum absolute atomic E-state index is 0.0823. The Bertz CT molecular complexity index is 288. The molecule has 0 aromatic carbocycles. The van der Waals surface area contributed by atoms with E-state index in [4.69, 9.17) is 0 Å². The van der Waals surface area contributed by atoms with Gasteiger partial charge in [-0.2, -0.15) is 5.10 Å². The lowest BCUT2D eigenvalue weighted by Gasteiger charge is -1.91. The quantitative estimate of drug-likeness (QED) is 0.625. The number of ketones is 1. The van der Waals surface area contributed by atoms with E-state index in [-0.39, 0.29) is 5.78 Å². The van der Waals surface area contributed by atoms with Crippen molar-refractivity contribution < 1.29 is 4.79 Å². The molecule has 0 spiro atoms. The number of carbonyl (C=O) groups excluding carboxylic acids is 1. The Morgan fingerprint density at radius 2 is 2.58 bits per heavy atom. The number of hydrogen-bond donors (Lipinski definition) is 0. The van der Waals surface area contributed by atoms with Crippen LogP contribution in [0.2, 0.25) is 0 Å². The number of aromatic nitrogens is 2. The van der Waals surface area contributed by atoms with Gasteiger partial charge in [0.2, 0.25) is 0 Å². The third kappa shape index (κ3) is 2.34. The summed E-state index contributed by atoms with van der Waals surface area (Å²) in [5.74, 6) is 0.0823. The summed E-state index contributed by atoms with van der Waals surface area (Å²) < 4.78 is 1.73. The van der Waals surface area contributed by atoms with Crippen LogP contribution in [0.25, 0.3) is 0 Å². The summed E-state index contributed by atoms with van der Waals surface area (Å²) in [4.78, 5) is 10.8. The lowest BCUT2D eigenvalue weighted by molar-refractivity contribution is -0.114. The molecular weight excluding hydrogens is 152 g/mol. The lowest BCUT2D eigenvalue weighted by Crippen LogP contribution is -1.94. The second-order valence-corrected chi connectivity index (χ2v) is 2.69. The minimum Gasteiger partial charge on any atom is -0.295 e. The molecule has 64 valence electrons. The molecule has 0 unspecified atom stereocenters. The first kappa shape index (κ1) is 8.71. The van der Waals surface area contributed by atoms with E-state index < -0.39 is 0 Å². The van der Waals surface area contributed by atoms with Gasteiger partial charge in [-0.1, -0.05) is 6.58 Å². The van der Waals surface area contributed by atoms with Gasteiger partial charge in [-0.3, -0.25) is 9.48 Å². The molecule has 3 nitrogen and oxygen atoms in total. The monoisotopic (exact) mass is 164 g/mol. The van der Waals surface area contributed by atoms with Crippen LogP contribution in [0.1, 0.15) is 12.0 Å². The predicted molar refractivity (Wildman–Crippen MR) is 46.7 cm³/mol. The molecule has 0 radical (unpaired) electrons. The second-order valence-electron chi connectivity index (χ2n) is 2.69. The highest BCUT2D eigenvalue weighted by molar-refractivity contribution is 5.89. The molecule has 0 N–H and O–H groups in total. The van der Waals surface area contributed by atoms with Crippen LogP contribution >= 0.6 is 0 Å². The van der Waals surface area contributed by atoms with Gasteiger partial charge in [0, 0.05) is 19.7 Å². The van der Waals surface area contributed by atoms with Crippen molar-refractivity contribution >= 4 is 5.78 Å². The summed E-state index contributed by atoms with van der Waals surface area (Å²) in [5, 5.41) is 4.00. The van der Waals surface area contributed by atoms with Crippen molar-refractivity contribution in [1.29, 1.82) is 0 Å². The number of aryl methyl sites for hydroxylation is 2. The number of carbonyl (C=O) groups is 1. The Morgan fingerprint density at radius 3 is 3.08 bits per heavy atom. The number of hydrogen-bond acceptors (Lipinski definition) is 2. The molecule has 1 aromatic heterocycles. The molecule has 12 heavy (non-hydrogen) atoms. The highest BCUT2D eigenvalue weighted by Gasteiger charge is 1.99. The normalized spacial score (nSPS) is 9.75. The van der Waals surface area contributed by atoms with Crippen LogP contribution in [0, 0.1) is 0 Å². The zero-order valence-electron chi connectivity index (χ0n) is 7.16. The first-order chi connectivity index (χ1) is 5.72. The highest BCUT2D eigenvalue weighted by Crippen LogP contribution is 2.01. The molecule has 0 saturated carbocycles. The van der Waals surface area contributed by atoms with Crippen LogP contribution in [0.3, 0.4) is 0 Å². The largest absolute Gasteiger partial charge is 0.295 e. The van der Waals surface area contributed by atoms with Gasteiger partial charge in [-0.15, -0.1) is 0 Å². The van der Waals surface area contributed by atoms with Crippen molar-refractivity contribution in [3.05, 3.63) is 30.6 Å². The molecular formula is C9H12N2O. The number of rotatable bonds is 4. The average Bonchev–Trinajstić information content (AvgIpc) is 2.47. The molecule has 0 saturated heterocycles. The molecule has 0 fully saturated rings. The Balaban J connectivity index is 2.43. The average molecular weight is 164 g/mol. The van der Waals surface area contributed by atoms with Crippen LogP contribution in [-0.4, -0.2) is 15.6 Å². The fourth-order valence-electron chi connectivity index (χ4n) is 0.971. The maximum absolute atomic E-state index is 10.8. The second kappa shape index (κ2) is 3.85. The van der Waals surface area contributed by atoms with E-state index in [0.29, 0.717) is 6.42 Å². The van der Waals surface area contributed by atoms with Gasteiger partial charge in [0.15, 0.2) is 5.78 Å². The minimum atomic E-state index is 0.0823. The molecule has 3 heteroatoms. The molecule has 0 bridgehead atoms. The van der Waals surface area contributed by atoms with Gasteiger partial charge >= 0.3 is 0 Å². The van der Waals surface area contributed by atoms with Crippen molar-refractivity contribution in [2.45, 2.75) is 12.8 Å². The molecule has 0 amide bonds. The van der Waals surface area contributed by atoms with Gasteiger partial charge in [0.1, 0.15) is 0 Å². The van der Waals surface area contributed by atoms with Crippen molar-refractivity contribution in [2.75, 3.05) is 0 Å². The van der Waals surface area contributed by atoms with Gasteiger partial charge in [-0.05, 0) is 18.1 Å². The van der Waals surface area contributed by atoms with Crippen molar-refractivity contribution in [2.24, 2.45) is 7.05 Å². The van der Waals surface area contributed by atoms with Gasteiger partial charge in [0.25, 0.3) is 0 Å². The summed E-state index contributed by atoms with van der Waals surface area (Å²) in [6.07, 6.45) is 6.32. The molecule has 0 aliphatic carbocycles. The Morgan fingerprint density at radius 1 is 1.83 bits per heavy atom. The van der Waals surface area contributed by atoms with E-state index in [9.17, 15) is 4.79 Å². The van der Waals surface area contributed by atoms with Crippen molar-refractivity contribution in [3.8, 4) is 0 Å². The number of allylic oxidation sites excluding steroid dienone is 1. The molecule has 0 aliphatic rings. The lowest BCUT2D eigenvalue weighted by atomic mass is 10.1. The first-order valence-corrected chi connectivity index (χ1v) is 3.85. The predicted octanol–water partition coefficient (Wildman–Crippen LogP) is 1.11. The maximum atomic E-state index is 10.8. The van der Waals surface area contributed by atoms with E-state index in [1.165, 1.54) is 6.08 Å². The van der Waals surface area contributed by atoms with Crippen LogP contribution < -0.4 is 0 Å². The third-order valence-corrected chi connectivity index (χ3v) is 1.65. The molecule has 0 atom stereocenters.